The summed E-state index contributed by atoms with van der Waals surface area (Å²) in [5.41, 5.74) is 2.33. The third-order valence-corrected chi connectivity index (χ3v) is 4.92. The summed E-state index contributed by atoms with van der Waals surface area (Å²) >= 11 is 0. The quantitative estimate of drug-likeness (QED) is 0.603. The molecule has 1 aromatic carbocycles. The second-order valence-corrected chi connectivity index (χ2v) is 6.48. The Bertz CT molecular complexity index is 639. The van der Waals surface area contributed by atoms with Crippen LogP contribution < -0.4 is 5.32 Å². The lowest BCUT2D eigenvalue weighted by Crippen LogP contribution is -2.33. The lowest BCUT2D eigenvalue weighted by atomic mass is 10.0. The largest absolute Gasteiger partial charge is 0.465 e. The molecule has 6 heteroatoms. The molecule has 0 bridgehead atoms. The van der Waals surface area contributed by atoms with Crippen molar-refractivity contribution >= 4 is 17.6 Å². The molecule has 3 rings (SSSR count). The van der Waals surface area contributed by atoms with Crippen LogP contribution in [-0.2, 0) is 36.8 Å². The van der Waals surface area contributed by atoms with Gasteiger partial charge >= 0.3 is 11.9 Å². The van der Waals surface area contributed by atoms with Gasteiger partial charge in [-0.3, -0.25) is 9.59 Å². The number of carbonyl (C=O) groups is 2. The second-order valence-electron chi connectivity index (χ2n) is 6.48. The summed E-state index contributed by atoms with van der Waals surface area (Å²) in [6.07, 6.45) is 1.40. The van der Waals surface area contributed by atoms with E-state index in [2.05, 4.69) is 17.4 Å². The van der Waals surface area contributed by atoms with E-state index in [1.165, 1.54) is 11.1 Å². The Morgan fingerprint density at radius 1 is 1.20 bits per heavy atom. The molecule has 0 amide bonds. The van der Waals surface area contributed by atoms with E-state index in [0.717, 1.165) is 18.7 Å². The Morgan fingerprint density at radius 3 is 2.60 bits per heavy atom. The number of hydrogen-bond donors (Lipinski definition) is 1. The second kappa shape index (κ2) is 7.44. The van der Waals surface area contributed by atoms with E-state index in [4.69, 9.17) is 14.2 Å². The topological polar surface area (TPSA) is 73.9 Å². The number of nitrogens with one attached hydrogen (secondary N) is 1. The average molecular weight is 347 g/mol. The molecule has 0 spiro atoms. The van der Waals surface area contributed by atoms with Crippen LogP contribution in [0.4, 0.5) is 5.69 Å². The summed E-state index contributed by atoms with van der Waals surface area (Å²) in [5.74, 6) is -1.06. The smallest absolute Gasteiger partial charge is 0.323 e. The first-order valence-corrected chi connectivity index (χ1v) is 8.89. The minimum Gasteiger partial charge on any atom is -0.465 e. The maximum Gasteiger partial charge on any atom is 0.323 e. The van der Waals surface area contributed by atoms with E-state index in [-0.39, 0.29) is 19.1 Å². The van der Waals surface area contributed by atoms with Crippen molar-refractivity contribution in [1.29, 1.82) is 0 Å². The number of fused-ring (bicyclic) bond motifs is 1. The Morgan fingerprint density at radius 2 is 1.92 bits per heavy atom. The predicted octanol–water partition coefficient (Wildman–Crippen LogP) is 2.30. The third kappa shape index (κ3) is 3.49. The molecule has 1 aliphatic carbocycles. The van der Waals surface area contributed by atoms with Crippen molar-refractivity contribution in [2.24, 2.45) is 11.3 Å². The molecule has 25 heavy (non-hydrogen) atoms. The van der Waals surface area contributed by atoms with E-state index in [9.17, 15) is 9.59 Å². The van der Waals surface area contributed by atoms with Gasteiger partial charge in [-0.15, -0.1) is 0 Å². The number of hydrogen-bond acceptors (Lipinski definition) is 6. The molecule has 1 fully saturated rings. The normalized spacial score (nSPS) is 20.3. The van der Waals surface area contributed by atoms with Crippen molar-refractivity contribution in [1.82, 2.24) is 0 Å². The molecule has 0 saturated heterocycles. The number of ether oxygens (including phenoxy) is 3. The van der Waals surface area contributed by atoms with Crippen LogP contribution in [0, 0.1) is 11.3 Å². The molecule has 1 atom stereocenters. The maximum absolute atomic E-state index is 12.3. The van der Waals surface area contributed by atoms with Crippen LogP contribution in [-0.4, -0.2) is 38.3 Å². The van der Waals surface area contributed by atoms with Crippen LogP contribution in [0.2, 0.25) is 0 Å². The fraction of sp³-hybridized carbons (Fsp3) is 0.579. The van der Waals surface area contributed by atoms with E-state index >= 15 is 0 Å². The summed E-state index contributed by atoms with van der Waals surface area (Å²) in [6.45, 7) is 5.91. The molecule has 1 aliphatic heterocycles. The van der Waals surface area contributed by atoms with Gasteiger partial charge in [0.1, 0.15) is 0 Å². The molecule has 1 heterocycles. The van der Waals surface area contributed by atoms with Gasteiger partial charge < -0.3 is 19.5 Å². The van der Waals surface area contributed by atoms with Crippen molar-refractivity contribution in [3.05, 3.63) is 29.3 Å². The van der Waals surface area contributed by atoms with Gasteiger partial charge in [-0.2, -0.15) is 0 Å². The van der Waals surface area contributed by atoms with Crippen LogP contribution in [0.15, 0.2) is 18.2 Å². The summed E-state index contributed by atoms with van der Waals surface area (Å²) in [5, 5.41) is 3.33. The van der Waals surface area contributed by atoms with Crippen molar-refractivity contribution in [3.8, 4) is 0 Å². The van der Waals surface area contributed by atoms with Gasteiger partial charge in [0.2, 0.25) is 0 Å². The van der Waals surface area contributed by atoms with Crippen LogP contribution >= 0.6 is 0 Å². The monoisotopic (exact) mass is 347 g/mol. The standard InChI is InChI=1S/C19H25NO5/c1-3-24-17(21)19(18(22)25-4-2)10-15(19)11-20-16-6-5-13-7-8-23-12-14(13)9-16/h5-6,9,15,20H,3-4,7-8,10-12H2,1-2H3/t15-/m1/s1. The highest BCUT2D eigenvalue weighted by molar-refractivity contribution is 6.04. The van der Waals surface area contributed by atoms with E-state index in [1.54, 1.807) is 13.8 Å². The predicted molar refractivity (Wildman–Crippen MR) is 92.1 cm³/mol. The summed E-state index contributed by atoms with van der Waals surface area (Å²) in [6, 6.07) is 6.22. The molecule has 0 radical (unpaired) electrons. The van der Waals surface area contributed by atoms with E-state index < -0.39 is 17.4 Å². The van der Waals surface area contributed by atoms with Gasteiger partial charge in [0.05, 0.1) is 26.4 Å². The molecule has 6 nitrogen and oxygen atoms in total. The van der Waals surface area contributed by atoms with Gasteiger partial charge in [-0.05, 0) is 49.9 Å². The fourth-order valence-electron chi connectivity index (χ4n) is 3.40. The number of carbonyl (C=O) groups excluding carboxylic acids is 2. The molecule has 1 aromatic rings. The van der Waals surface area contributed by atoms with Gasteiger partial charge in [-0.25, -0.2) is 0 Å². The Labute approximate surface area is 147 Å². The molecule has 1 saturated carbocycles. The molecule has 1 N–H and O–H groups in total. The zero-order valence-corrected chi connectivity index (χ0v) is 14.8. The Balaban J connectivity index is 1.64. The maximum atomic E-state index is 12.3. The molecule has 2 aliphatic rings. The molecule has 136 valence electrons. The van der Waals surface area contributed by atoms with E-state index in [0.29, 0.717) is 19.6 Å². The molecule has 0 aromatic heterocycles. The zero-order valence-electron chi connectivity index (χ0n) is 14.8. The highest BCUT2D eigenvalue weighted by Crippen LogP contribution is 2.54. The zero-order chi connectivity index (χ0) is 17.9. The average Bonchev–Trinajstić information content (AvgIpc) is 3.36. The lowest BCUT2D eigenvalue weighted by Gasteiger charge is -2.18. The van der Waals surface area contributed by atoms with Gasteiger partial charge in [0.25, 0.3) is 0 Å². The fourth-order valence-corrected chi connectivity index (χ4v) is 3.40. The van der Waals surface area contributed by atoms with Gasteiger partial charge in [0, 0.05) is 18.2 Å². The first-order valence-electron chi connectivity index (χ1n) is 8.89. The van der Waals surface area contributed by atoms with Gasteiger partial charge in [-0.1, -0.05) is 6.07 Å². The van der Waals surface area contributed by atoms with Crippen LogP contribution in [0.25, 0.3) is 0 Å². The number of esters is 2. The SMILES string of the molecule is CCOC(=O)C1(C(=O)OCC)C[C@@H]1CNc1ccc2c(c1)COCC2. The first kappa shape index (κ1) is 17.7. The molecule has 0 unspecified atom stereocenters. The molecular formula is C19H25NO5. The minimum atomic E-state index is -1.14. The van der Waals surface area contributed by atoms with Crippen molar-refractivity contribution in [3.63, 3.8) is 0 Å². The Hall–Kier alpha value is -2.08. The number of anilines is 1. The van der Waals surface area contributed by atoms with Crippen molar-refractivity contribution in [2.75, 3.05) is 31.7 Å². The van der Waals surface area contributed by atoms with Crippen molar-refractivity contribution in [2.45, 2.75) is 33.3 Å². The Kier molecular flexibility index (Phi) is 5.27. The van der Waals surface area contributed by atoms with Crippen LogP contribution in [0.3, 0.4) is 0 Å². The highest BCUT2D eigenvalue weighted by Gasteiger charge is 2.67. The minimum absolute atomic E-state index is 0.113. The first-order chi connectivity index (χ1) is 12.1. The van der Waals surface area contributed by atoms with Gasteiger partial charge in [0.15, 0.2) is 5.41 Å². The summed E-state index contributed by atoms with van der Waals surface area (Å²) in [7, 11) is 0. The summed E-state index contributed by atoms with van der Waals surface area (Å²) < 4.78 is 15.7. The van der Waals surface area contributed by atoms with Crippen molar-refractivity contribution < 1.29 is 23.8 Å². The molecular weight excluding hydrogens is 322 g/mol. The lowest BCUT2D eigenvalue weighted by molar-refractivity contribution is -0.164. The van der Waals surface area contributed by atoms with Crippen LogP contribution in [0.1, 0.15) is 31.4 Å². The third-order valence-electron chi connectivity index (χ3n) is 4.92. The van der Waals surface area contributed by atoms with E-state index in [1.807, 2.05) is 6.07 Å². The highest BCUT2D eigenvalue weighted by atomic mass is 16.6. The van der Waals surface area contributed by atoms with Crippen LogP contribution in [0.5, 0.6) is 0 Å². The number of rotatable bonds is 7. The summed E-state index contributed by atoms with van der Waals surface area (Å²) in [4.78, 5) is 24.6. The number of benzene rings is 1.